The second kappa shape index (κ2) is 7.95. The Hall–Kier alpha value is -3.12. The van der Waals surface area contributed by atoms with Crippen LogP contribution in [0.1, 0.15) is 15.4 Å². The lowest BCUT2D eigenvalue weighted by Crippen LogP contribution is -2.13. The highest BCUT2D eigenvalue weighted by Gasteiger charge is 2.30. The molecule has 0 saturated carbocycles. The fraction of sp³-hybridized carbons (Fsp3) is 0.111. The van der Waals surface area contributed by atoms with E-state index in [4.69, 9.17) is 0 Å². The van der Waals surface area contributed by atoms with E-state index < -0.39 is 27.7 Å². The number of sulfonamides is 1. The summed E-state index contributed by atoms with van der Waals surface area (Å²) in [6.07, 6.45) is -3.59. The zero-order valence-corrected chi connectivity index (χ0v) is 16.8. The molecule has 0 atom stereocenters. The van der Waals surface area contributed by atoms with Gasteiger partial charge in [0, 0.05) is 16.6 Å². The Morgan fingerprint density at radius 2 is 1.90 bits per heavy atom. The summed E-state index contributed by atoms with van der Waals surface area (Å²) in [7, 11) is -3.65. The molecule has 0 fully saturated rings. The number of benzene rings is 2. The maximum absolute atomic E-state index is 12.9. The largest absolute Gasteiger partial charge is 0.506 e. The molecule has 30 heavy (non-hydrogen) atoms. The summed E-state index contributed by atoms with van der Waals surface area (Å²) < 4.78 is 63.4. The number of amides is 1. The molecule has 1 heterocycles. The van der Waals surface area contributed by atoms with Crippen molar-refractivity contribution in [3.05, 3.63) is 58.4 Å². The Bertz CT molecular complexity index is 1210. The number of phenols is 1. The van der Waals surface area contributed by atoms with Crippen LogP contribution in [-0.4, -0.2) is 30.7 Å². The van der Waals surface area contributed by atoms with Crippen LogP contribution in [-0.2, 0) is 16.2 Å². The molecular weight excluding hydrogens is 443 g/mol. The number of thiazole rings is 1. The molecule has 1 aromatic heterocycles. The summed E-state index contributed by atoms with van der Waals surface area (Å²) in [6.45, 7) is 0. The van der Waals surface area contributed by atoms with Crippen LogP contribution in [0.4, 0.5) is 24.5 Å². The molecule has 3 N–H and O–H groups in total. The van der Waals surface area contributed by atoms with E-state index in [2.05, 4.69) is 15.0 Å². The molecule has 0 unspecified atom stereocenters. The normalized spacial score (nSPS) is 11.9. The molecule has 158 valence electrons. The summed E-state index contributed by atoms with van der Waals surface area (Å²) in [5.41, 5.74) is -0.348. The highest BCUT2D eigenvalue weighted by atomic mass is 32.2. The van der Waals surface area contributed by atoms with E-state index in [1.54, 1.807) is 0 Å². The number of anilines is 2. The quantitative estimate of drug-likeness (QED) is 0.394. The van der Waals surface area contributed by atoms with Gasteiger partial charge in [-0.3, -0.25) is 9.52 Å². The van der Waals surface area contributed by atoms with Crippen molar-refractivity contribution in [3.8, 4) is 17.0 Å². The lowest BCUT2D eigenvalue weighted by Gasteiger charge is -2.09. The minimum Gasteiger partial charge on any atom is -0.506 e. The first-order chi connectivity index (χ1) is 13.9. The minimum atomic E-state index is -4.50. The standard InChI is InChI=1S/C18H14F3N3O4S2/c1-30(27,28)24-13-8-12(5-6-15(13)25)22-16(26)17-23-14(9-29-17)10-3-2-4-11(7-10)18(19,20)21/h2-9,24-25H,1H3,(H,22,26). The number of carbonyl (C=O) groups is 1. The lowest BCUT2D eigenvalue weighted by atomic mass is 10.1. The van der Waals surface area contributed by atoms with Gasteiger partial charge in [0.2, 0.25) is 10.0 Å². The topological polar surface area (TPSA) is 108 Å². The van der Waals surface area contributed by atoms with Crippen LogP contribution in [0, 0.1) is 0 Å². The number of phenolic OH excluding ortho intramolecular Hbond substituents is 1. The first-order valence-corrected chi connectivity index (χ1v) is 10.9. The van der Waals surface area contributed by atoms with Gasteiger partial charge in [0.25, 0.3) is 5.91 Å². The predicted molar refractivity (Wildman–Crippen MR) is 107 cm³/mol. The van der Waals surface area contributed by atoms with Crippen molar-refractivity contribution >= 4 is 38.6 Å². The Labute approximate surface area is 173 Å². The average Bonchev–Trinajstić information content (AvgIpc) is 3.13. The number of nitrogens with one attached hydrogen (secondary N) is 2. The minimum absolute atomic E-state index is 0.00638. The number of aromatic hydroxyl groups is 1. The highest BCUT2D eigenvalue weighted by Crippen LogP contribution is 2.33. The number of hydrogen-bond acceptors (Lipinski definition) is 6. The molecule has 3 aromatic rings. The van der Waals surface area contributed by atoms with Crippen LogP contribution >= 0.6 is 11.3 Å². The number of nitrogens with zero attached hydrogens (tertiary/aromatic N) is 1. The van der Waals surface area contributed by atoms with Crippen molar-refractivity contribution in [1.29, 1.82) is 0 Å². The number of alkyl halides is 3. The van der Waals surface area contributed by atoms with Gasteiger partial charge < -0.3 is 10.4 Å². The van der Waals surface area contributed by atoms with Crippen LogP contribution in [0.2, 0.25) is 0 Å². The van der Waals surface area contributed by atoms with Crippen molar-refractivity contribution in [2.75, 3.05) is 16.3 Å². The summed E-state index contributed by atoms with van der Waals surface area (Å²) >= 11 is 0.937. The molecule has 12 heteroatoms. The lowest BCUT2D eigenvalue weighted by molar-refractivity contribution is -0.137. The number of rotatable bonds is 5. The first-order valence-electron chi connectivity index (χ1n) is 8.18. The molecule has 0 aliphatic heterocycles. The van der Waals surface area contributed by atoms with E-state index in [-0.39, 0.29) is 33.4 Å². The molecule has 1 amide bonds. The van der Waals surface area contributed by atoms with E-state index in [1.807, 2.05) is 0 Å². The van der Waals surface area contributed by atoms with Gasteiger partial charge in [-0.25, -0.2) is 13.4 Å². The van der Waals surface area contributed by atoms with Gasteiger partial charge >= 0.3 is 6.18 Å². The molecule has 0 aliphatic rings. The van der Waals surface area contributed by atoms with Gasteiger partial charge in [-0.05, 0) is 30.3 Å². The maximum atomic E-state index is 12.9. The van der Waals surface area contributed by atoms with Crippen molar-refractivity contribution in [3.63, 3.8) is 0 Å². The molecule has 0 bridgehead atoms. The maximum Gasteiger partial charge on any atom is 0.416 e. The summed E-state index contributed by atoms with van der Waals surface area (Å²) in [4.78, 5) is 16.5. The zero-order chi connectivity index (χ0) is 22.1. The molecular formula is C18H14F3N3O4S2. The molecule has 0 radical (unpaired) electrons. The highest BCUT2D eigenvalue weighted by molar-refractivity contribution is 7.92. The van der Waals surface area contributed by atoms with Gasteiger partial charge in [-0.1, -0.05) is 12.1 Å². The number of aromatic nitrogens is 1. The van der Waals surface area contributed by atoms with Crippen LogP contribution in [0.15, 0.2) is 47.8 Å². The third-order valence-corrected chi connectivity index (χ3v) is 5.17. The first kappa shape index (κ1) is 21.6. The smallest absolute Gasteiger partial charge is 0.416 e. The van der Waals surface area contributed by atoms with Crippen LogP contribution in [0.3, 0.4) is 0 Å². The Balaban J connectivity index is 1.80. The van der Waals surface area contributed by atoms with Crippen molar-refractivity contribution in [2.45, 2.75) is 6.18 Å². The second-order valence-electron chi connectivity index (χ2n) is 6.18. The van der Waals surface area contributed by atoms with E-state index in [0.717, 1.165) is 29.7 Å². The monoisotopic (exact) mass is 457 g/mol. The van der Waals surface area contributed by atoms with Gasteiger partial charge in [0.05, 0.1) is 23.2 Å². The van der Waals surface area contributed by atoms with E-state index in [0.29, 0.717) is 0 Å². The fourth-order valence-electron chi connectivity index (χ4n) is 2.45. The molecule has 3 rings (SSSR count). The third kappa shape index (κ3) is 5.27. The predicted octanol–water partition coefficient (Wildman–Crippen LogP) is 4.16. The van der Waals surface area contributed by atoms with Gasteiger partial charge in [-0.15, -0.1) is 11.3 Å². The second-order valence-corrected chi connectivity index (χ2v) is 8.78. The van der Waals surface area contributed by atoms with Crippen LogP contribution < -0.4 is 10.0 Å². The molecule has 0 saturated heterocycles. The van der Waals surface area contributed by atoms with Crippen molar-refractivity contribution in [1.82, 2.24) is 4.98 Å². The Morgan fingerprint density at radius 3 is 2.57 bits per heavy atom. The van der Waals surface area contributed by atoms with Crippen molar-refractivity contribution in [2.24, 2.45) is 0 Å². The third-order valence-electron chi connectivity index (χ3n) is 3.73. The number of halogens is 3. The summed E-state index contributed by atoms with van der Waals surface area (Å²) in [5, 5.41) is 13.7. The van der Waals surface area contributed by atoms with Crippen LogP contribution in [0.25, 0.3) is 11.3 Å². The van der Waals surface area contributed by atoms with Gasteiger partial charge in [0.1, 0.15) is 5.75 Å². The fourth-order valence-corrected chi connectivity index (χ4v) is 3.73. The Kier molecular flexibility index (Phi) is 5.72. The molecule has 0 spiro atoms. The number of hydrogen-bond donors (Lipinski definition) is 3. The van der Waals surface area contributed by atoms with Crippen LogP contribution in [0.5, 0.6) is 5.75 Å². The molecule has 0 aliphatic carbocycles. The molecule has 7 nitrogen and oxygen atoms in total. The van der Waals surface area contributed by atoms with E-state index in [1.165, 1.54) is 35.7 Å². The van der Waals surface area contributed by atoms with Gasteiger partial charge in [0.15, 0.2) is 5.01 Å². The SMILES string of the molecule is CS(=O)(=O)Nc1cc(NC(=O)c2nc(-c3cccc(C(F)(F)F)c3)cs2)ccc1O. The molecule has 2 aromatic carbocycles. The van der Waals surface area contributed by atoms with Crippen molar-refractivity contribution < 1.29 is 31.5 Å². The zero-order valence-electron chi connectivity index (χ0n) is 15.2. The van der Waals surface area contributed by atoms with E-state index >= 15 is 0 Å². The Morgan fingerprint density at radius 1 is 1.17 bits per heavy atom. The van der Waals surface area contributed by atoms with Gasteiger partial charge in [-0.2, -0.15) is 13.2 Å². The summed E-state index contributed by atoms with van der Waals surface area (Å²) in [6, 6.07) is 8.35. The average molecular weight is 457 g/mol. The van der Waals surface area contributed by atoms with E-state index in [9.17, 15) is 31.5 Å². The number of carbonyl (C=O) groups excluding carboxylic acids is 1. The summed E-state index contributed by atoms with van der Waals surface area (Å²) in [5.74, 6) is -0.978.